The topological polar surface area (TPSA) is 82.0 Å². The highest BCUT2D eigenvalue weighted by molar-refractivity contribution is 6.06. The van der Waals surface area contributed by atoms with Crippen LogP contribution in [0, 0.1) is 0 Å². The van der Waals surface area contributed by atoms with Gasteiger partial charge in [-0.2, -0.15) is 0 Å². The molecule has 0 radical (unpaired) electrons. The van der Waals surface area contributed by atoms with Gasteiger partial charge >= 0.3 is 0 Å². The predicted molar refractivity (Wildman–Crippen MR) is 104 cm³/mol. The van der Waals surface area contributed by atoms with Crippen molar-refractivity contribution in [2.75, 3.05) is 31.6 Å². The number of rotatable bonds is 5. The molecule has 144 valence electrons. The Bertz CT molecular complexity index is 797. The number of morpholine rings is 1. The van der Waals surface area contributed by atoms with E-state index in [2.05, 4.69) is 10.2 Å². The molecule has 0 atom stereocenters. The van der Waals surface area contributed by atoms with E-state index in [-0.39, 0.29) is 23.0 Å². The molecule has 1 aliphatic rings. The molecule has 0 unspecified atom stereocenters. The number of carbonyl (C=O) groups is 1. The second-order valence-electron chi connectivity index (χ2n) is 7.12. The smallest absolute Gasteiger partial charge is 0.259 e. The molecule has 2 aromatic rings. The Kier molecular flexibility index (Phi) is 5.98. The van der Waals surface area contributed by atoms with Crippen molar-refractivity contribution in [1.29, 1.82) is 0 Å². The van der Waals surface area contributed by atoms with E-state index >= 15 is 0 Å². The third-order valence-corrected chi connectivity index (χ3v) is 4.73. The molecule has 1 fully saturated rings. The van der Waals surface area contributed by atoms with E-state index in [0.29, 0.717) is 11.3 Å². The third kappa shape index (κ3) is 4.78. The molecule has 1 amide bonds. The Hall–Kier alpha value is -2.57. The van der Waals surface area contributed by atoms with Crippen LogP contribution in [0.2, 0.25) is 0 Å². The van der Waals surface area contributed by atoms with Crippen LogP contribution in [0.3, 0.4) is 0 Å². The van der Waals surface area contributed by atoms with E-state index in [1.54, 1.807) is 0 Å². The molecule has 1 saturated heterocycles. The Balaban J connectivity index is 1.68. The maximum Gasteiger partial charge on any atom is 0.259 e. The molecule has 0 aromatic heterocycles. The normalized spacial score (nSPS) is 15.1. The van der Waals surface area contributed by atoms with Crippen LogP contribution in [0.15, 0.2) is 36.4 Å². The highest BCUT2D eigenvalue weighted by atomic mass is 16.5. The number of anilines is 1. The average molecular weight is 370 g/mol. The maximum atomic E-state index is 12.5. The lowest BCUT2D eigenvalue weighted by Crippen LogP contribution is -2.35. The number of hydrogen-bond acceptors (Lipinski definition) is 5. The Morgan fingerprint density at radius 2 is 1.78 bits per heavy atom. The quantitative estimate of drug-likeness (QED) is 0.752. The molecular formula is C21H26N2O4. The van der Waals surface area contributed by atoms with Crippen LogP contribution in [0.5, 0.6) is 11.5 Å². The number of phenolic OH excluding ortho intramolecular Hbond substituents is 2. The van der Waals surface area contributed by atoms with Crippen LogP contribution in [0.4, 0.5) is 5.69 Å². The minimum Gasteiger partial charge on any atom is -0.508 e. The zero-order valence-electron chi connectivity index (χ0n) is 15.7. The number of nitrogens with one attached hydrogen (secondary N) is 1. The first-order valence-electron chi connectivity index (χ1n) is 9.20. The molecule has 3 N–H and O–H groups in total. The number of benzene rings is 2. The van der Waals surface area contributed by atoms with Crippen molar-refractivity contribution < 1.29 is 19.7 Å². The van der Waals surface area contributed by atoms with Crippen molar-refractivity contribution >= 4 is 11.6 Å². The molecule has 1 aliphatic heterocycles. The van der Waals surface area contributed by atoms with Crippen molar-refractivity contribution in [3.63, 3.8) is 0 Å². The lowest BCUT2D eigenvalue weighted by Gasteiger charge is -2.26. The van der Waals surface area contributed by atoms with Crippen LogP contribution in [0.1, 0.15) is 41.3 Å². The number of phenols is 2. The molecule has 0 spiro atoms. The summed E-state index contributed by atoms with van der Waals surface area (Å²) < 4.78 is 5.36. The largest absolute Gasteiger partial charge is 0.508 e. The second kappa shape index (κ2) is 8.41. The SMILES string of the molecule is CC(C)c1cc(C(=O)Nc2ccc(CN3CCOCC3)cc2)c(O)cc1O. The minimum atomic E-state index is -0.407. The number of aromatic hydroxyl groups is 2. The maximum absolute atomic E-state index is 12.5. The number of hydrogen-bond donors (Lipinski definition) is 3. The summed E-state index contributed by atoms with van der Waals surface area (Å²) in [6.45, 7) is 8.08. The fourth-order valence-corrected chi connectivity index (χ4v) is 3.15. The minimum absolute atomic E-state index is 0.00786. The van der Waals surface area contributed by atoms with Gasteiger partial charge in [-0.05, 0) is 35.2 Å². The summed E-state index contributed by atoms with van der Waals surface area (Å²) >= 11 is 0. The highest BCUT2D eigenvalue weighted by Crippen LogP contribution is 2.32. The first-order chi connectivity index (χ1) is 12.9. The van der Waals surface area contributed by atoms with Crippen molar-refractivity contribution in [2.45, 2.75) is 26.3 Å². The molecule has 6 nitrogen and oxygen atoms in total. The zero-order chi connectivity index (χ0) is 19.4. The van der Waals surface area contributed by atoms with E-state index in [1.165, 1.54) is 17.7 Å². The second-order valence-corrected chi connectivity index (χ2v) is 7.12. The van der Waals surface area contributed by atoms with Gasteiger partial charge in [0.15, 0.2) is 0 Å². The summed E-state index contributed by atoms with van der Waals surface area (Å²) in [6.07, 6.45) is 0. The summed E-state index contributed by atoms with van der Waals surface area (Å²) in [5.41, 5.74) is 2.60. The van der Waals surface area contributed by atoms with Crippen LogP contribution in [-0.4, -0.2) is 47.3 Å². The molecule has 0 aliphatic carbocycles. The fraction of sp³-hybridized carbons (Fsp3) is 0.381. The van der Waals surface area contributed by atoms with E-state index < -0.39 is 5.91 Å². The van der Waals surface area contributed by atoms with Gasteiger partial charge in [0, 0.05) is 31.4 Å². The van der Waals surface area contributed by atoms with Crippen molar-refractivity contribution in [2.24, 2.45) is 0 Å². The molecule has 6 heteroatoms. The van der Waals surface area contributed by atoms with Crippen molar-refractivity contribution in [3.8, 4) is 11.5 Å². The highest BCUT2D eigenvalue weighted by Gasteiger charge is 2.17. The molecule has 1 heterocycles. The van der Waals surface area contributed by atoms with Gasteiger partial charge in [0.25, 0.3) is 5.91 Å². The van der Waals surface area contributed by atoms with Crippen LogP contribution >= 0.6 is 0 Å². The van der Waals surface area contributed by atoms with Gasteiger partial charge in [0.05, 0.1) is 18.8 Å². The van der Waals surface area contributed by atoms with E-state index in [1.807, 2.05) is 38.1 Å². The molecule has 27 heavy (non-hydrogen) atoms. The van der Waals surface area contributed by atoms with Crippen LogP contribution < -0.4 is 5.32 Å². The lowest BCUT2D eigenvalue weighted by molar-refractivity contribution is 0.0342. The van der Waals surface area contributed by atoms with E-state index in [0.717, 1.165) is 32.8 Å². The first-order valence-corrected chi connectivity index (χ1v) is 9.20. The molecular weight excluding hydrogens is 344 g/mol. The molecule has 3 rings (SSSR count). The standard InChI is InChI=1S/C21H26N2O4/c1-14(2)17-11-18(20(25)12-19(17)24)21(26)22-16-5-3-15(4-6-16)13-23-7-9-27-10-8-23/h3-6,11-12,14,24-25H,7-10,13H2,1-2H3,(H,22,26). The lowest BCUT2D eigenvalue weighted by atomic mass is 9.98. The Morgan fingerprint density at radius 3 is 2.41 bits per heavy atom. The van der Waals surface area contributed by atoms with Crippen molar-refractivity contribution in [1.82, 2.24) is 4.90 Å². The van der Waals surface area contributed by atoms with Crippen LogP contribution in [0.25, 0.3) is 0 Å². The van der Waals surface area contributed by atoms with Crippen molar-refractivity contribution in [3.05, 3.63) is 53.1 Å². The van der Waals surface area contributed by atoms with Gasteiger partial charge in [-0.15, -0.1) is 0 Å². The molecule has 0 saturated carbocycles. The average Bonchev–Trinajstić information content (AvgIpc) is 2.64. The summed E-state index contributed by atoms with van der Waals surface area (Å²) in [4.78, 5) is 14.9. The van der Waals surface area contributed by atoms with Gasteiger partial charge in [-0.1, -0.05) is 26.0 Å². The van der Waals surface area contributed by atoms with E-state index in [9.17, 15) is 15.0 Å². The molecule has 0 bridgehead atoms. The Morgan fingerprint density at radius 1 is 1.11 bits per heavy atom. The van der Waals surface area contributed by atoms with Crippen LogP contribution in [-0.2, 0) is 11.3 Å². The summed E-state index contributed by atoms with van der Waals surface area (Å²) in [6, 6.07) is 10.4. The van der Waals surface area contributed by atoms with E-state index in [4.69, 9.17) is 4.74 Å². The van der Waals surface area contributed by atoms with Gasteiger partial charge in [-0.3, -0.25) is 9.69 Å². The fourth-order valence-electron chi connectivity index (χ4n) is 3.15. The number of nitrogens with zero attached hydrogens (tertiary/aromatic N) is 1. The van der Waals surface area contributed by atoms with Gasteiger partial charge in [0.2, 0.25) is 0 Å². The summed E-state index contributed by atoms with van der Waals surface area (Å²) in [7, 11) is 0. The number of amides is 1. The zero-order valence-corrected chi connectivity index (χ0v) is 15.7. The first kappa shape index (κ1) is 19.2. The Labute approximate surface area is 159 Å². The monoisotopic (exact) mass is 370 g/mol. The third-order valence-electron chi connectivity index (χ3n) is 4.73. The summed E-state index contributed by atoms with van der Waals surface area (Å²) in [5, 5.41) is 22.8. The van der Waals surface area contributed by atoms with Gasteiger partial charge < -0.3 is 20.3 Å². The summed E-state index contributed by atoms with van der Waals surface area (Å²) in [5.74, 6) is -0.614. The van der Waals surface area contributed by atoms with Gasteiger partial charge in [-0.25, -0.2) is 0 Å². The molecule has 2 aromatic carbocycles. The number of ether oxygens (including phenoxy) is 1. The number of carbonyl (C=O) groups excluding carboxylic acids is 1. The predicted octanol–water partition coefficient (Wildman–Crippen LogP) is 3.31. The van der Waals surface area contributed by atoms with Gasteiger partial charge in [0.1, 0.15) is 11.5 Å².